The molecule has 0 saturated carbocycles. The van der Waals surface area contributed by atoms with Crippen molar-refractivity contribution in [1.29, 1.82) is 0 Å². The van der Waals surface area contributed by atoms with Gasteiger partial charge in [0, 0.05) is 24.1 Å². The molecular formula is C13H18N2O3S2. The lowest BCUT2D eigenvalue weighted by molar-refractivity contribution is 0.344. The van der Waals surface area contributed by atoms with Crippen LogP contribution in [0.15, 0.2) is 23.2 Å². The van der Waals surface area contributed by atoms with E-state index in [-0.39, 0.29) is 5.92 Å². The number of nitrogens with zero attached hydrogens (tertiary/aromatic N) is 1. The highest BCUT2D eigenvalue weighted by atomic mass is 33.1. The standard InChI is InChI=1S/C13H18N2O3S2/c1-20(16,17)19-7-6-18-11-2-3-13-12(8-11)10(4-5-14)9-15-13/h2-3,8-10H,4-7,14H2,1H3/t10-/m1/s1. The first-order chi connectivity index (χ1) is 9.49. The Morgan fingerprint density at radius 2 is 2.25 bits per heavy atom. The second-order valence-electron chi connectivity index (χ2n) is 4.56. The van der Waals surface area contributed by atoms with Gasteiger partial charge in [-0.25, -0.2) is 8.42 Å². The zero-order valence-electron chi connectivity index (χ0n) is 11.3. The maximum absolute atomic E-state index is 11.0. The zero-order valence-corrected chi connectivity index (χ0v) is 12.9. The lowest BCUT2D eigenvalue weighted by atomic mass is 9.98. The van der Waals surface area contributed by atoms with Gasteiger partial charge >= 0.3 is 0 Å². The van der Waals surface area contributed by atoms with Gasteiger partial charge in [0.2, 0.25) is 0 Å². The normalized spacial score (nSPS) is 17.2. The molecule has 1 atom stereocenters. The maximum Gasteiger partial charge on any atom is 0.198 e. The van der Waals surface area contributed by atoms with Crippen LogP contribution in [0.3, 0.4) is 0 Å². The van der Waals surface area contributed by atoms with Gasteiger partial charge in [0.15, 0.2) is 8.87 Å². The first-order valence-corrected chi connectivity index (χ1v) is 9.74. The van der Waals surface area contributed by atoms with Gasteiger partial charge in [0.05, 0.1) is 12.3 Å². The fourth-order valence-corrected chi connectivity index (χ4v) is 3.61. The number of hydrogen-bond donors (Lipinski definition) is 1. The van der Waals surface area contributed by atoms with E-state index in [9.17, 15) is 8.42 Å². The molecule has 0 aliphatic carbocycles. The van der Waals surface area contributed by atoms with E-state index in [0.29, 0.717) is 18.9 Å². The van der Waals surface area contributed by atoms with Crippen molar-refractivity contribution >= 4 is 31.6 Å². The number of nitrogens with two attached hydrogens (primary N) is 1. The minimum atomic E-state index is -3.00. The van der Waals surface area contributed by atoms with E-state index in [0.717, 1.165) is 34.2 Å². The molecule has 0 saturated heterocycles. The molecule has 0 fully saturated rings. The van der Waals surface area contributed by atoms with Crippen molar-refractivity contribution in [3.8, 4) is 5.75 Å². The largest absolute Gasteiger partial charge is 0.493 e. The minimum absolute atomic E-state index is 0.254. The summed E-state index contributed by atoms with van der Waals surface area (Å²) in [6, 6.07) is 5.74. The predicted molar refractivity (Wildman–Crippen MR) is 83.8 cm³/mol. The summed E-state index contributed by atoms with van der Waals surface area (Å²) < 4.78 is 27.6. The third-order valence-electron chi connectivity index (χ3n) is 2.92. The summed E-state index contributed by atoms with van der Waals surface area (Å²) in [5.74, 6) is 1.41. The molecule has 2 rings (SSSR count). The molecular weight excluding hydrogens is 296 g/mol. The molecule has 0 radical (unpaired) electrons. The Morgan fingerprint density at radius 1 is 1.45 bits per heavy atom. The number of fused-ring (bicyclic) bond motifs is 1. The summed E-state index contributed by atoms with van der Waals surface area (Å²) in [4.78, 5) is 4.35. The molecule has 1 aliphatic heterocycles. The number of ether oxygens (including phenoxy) is 1. The highest BCUT2D eigenvalue weighted by Gasteiger charge is 2.18. The number of rotatable bonds is 7. The molecule has 1 heterocycles. The van der Waals surface area contributed by atoms with Crippen molar-refractivity contribution in [2.45, 2.75) is 12.3 Å². The van der Waals surface area contributed by atoms with E-state index in [2.05, 4.69) is 4.99 Å². The van der Waals surface area contributed by atoms with Crippen LogP contribution in [0, 0.1) is 0 Å². The minimum Gasteiger partial charge on any atom is -0.493 e. The molecule has 1 aliphatic rings. The van der Waals surface area contributed by atoms with Crippen LogP contribution in [0.2, 0.25) is 0 Å². The molecule has 7 heteroatoms. The quantitative estimate of drug-likeness (QED) is 0.614. The van der Waals surface area contributed by atoms with Gasteiger partial charge in [0.25, 0.3) is 0 Å². The average Bonchev–Trinajstić information content (AvgIpc) is 2.77. The van der Waals surface area contributed by atoms with Crippen LogP contribution < -0.4 is 10.5 Å². The summed E-state index contributed by atoms with van der Waals surface area (Å²) in [6.07, 6.45) is 3.98. The van der Waals surface area contributed by atoms with Crippen molar-refractivity contribution in [3.63, 3.8) is 0 Å². The van der Waals surface area contributed by atoms with E-state index in [1.807, 2.05) is 24.4 Å². The van der Waals surface area contributed by atoms with E-state index in [1.165, 1.54) is 6.26 Å². The molecule has 1 aromatic rings. The number of aliphatic imine (C=N–C) groups is 1. The lowest BCUT2D eigenvalue weighted by Gasteiger charge is -2.11. The molecule has 0 bridgehead atoms. The first-order valence-electron chi connectivity index (χ1n) is 6.35. The zero-order chi connectivity index (χ0) is 14.6. The van der Waals surface area contributed by atoms with Gasteiger partial charge in [0.1, 0.15) is 5.75 Å². The summed E-state index contributed by atoms with van der Waals surface area (Å²) in [5.41, 5.74) is 7.68. The number of hydrogen-bond acceptors (Lipinski definition) is 6. The van der Waals surface area contributed by atoms with Crippen molar-refractivity contribution in [3.05, 3.63) is 23.8 Å². The van der Waals surface area contributed by atoms with Crippen molar-refractivity contribution < 1.29 is 13.2 Å². The van der Waals surface area contributed by atoms with Crippen LogP contribution in [0.4, 0.5) is 5.69 Å². The lowest BCUT2D eigenvalue weighted by Crippen LogP contribution is -2.07. The van der Waals surface area contributed by atoms with E-state index in [1.54, 1.807) is 0 Å². The Kier molecular flexibility index (Phi) is 5.06. The third kappa shape index (κ3) is 4.22. The summed E-state index contributed by atoms with van der Waals surface area (Å²) in [7, 11) is -2.11. The van der Waals surface area contributed by atoms with Crippen LogP contribution >= 0.6 is 10.8 Å². The van der Waals surface area contributed by atoms with Crippen molar-refractivity contribution in [2.24, 2.45) is 10.7 Å². The van der Waals surface area contributed by atoms with Gasteiger partial charge in [-0.15, -0.1) is 0 Å². The number of benzene rings is 1. The van der Waals surface area contributed by atoms with E-state index >= 15 is 0 Å². The molecule has 1 aromatic carbocycles. The average molecular weight is 314 g/mol. The van der Waals surface area contributed by atoms with Crippen LogP contribution in [-0.2, 0) is 8.87 Å². The van der Waals surface area contributed by atoms with E-state index < -0.39 is 8.87 Å². The topological polar surface area (TPSA) is 81.8 Å². The smallest absolute Gasteiger partial charge is 0.198 e. The van der Waals surface area contributed by atoms with Crippen molar-refractivity contribution in [1.82, 2.24) is 0 Å². The van der Waals surface area contributed by atoms with Gasteiger partial charge in [-0.1, -0.05) is 0 Å². The molecule has 2 N–H and O–H groups in total. The highest BCUT2D eigenvalue weighted by molar-refractivity contribution is 8.71. The van der Waals surface area contributed by atoms with Crippen LogP contribution in [0.5, 0.6) is 5.75 Å². The second kappa shape index (κ2) is 6.60. The Balaban J connectivity index is 1.93. The van der Waals surface area contributed by atoms with Crippen LogP contribution in [0.25, 0.3) is 0 Å². The van der Waals surface area contributed by atoms with Gasteiger partial charge in [-0.2, -0.15) is 0 Å². The first kappa shape index (κ1) is 15.3. The molecule has 5 nitrogen and oxygen atoms in total. The molecule has 0 spiro atoms. The summed E-state index contributed by atoms with van der Waals surface area (Å²) >= 11 is 0. The summed E-state index contributed by atoms with van der Waals surface area (Å²) in [5, 5.41) is 0. The maximum atomic E-state index is 11.0. The Morgan fingerprint density at radius 3 is 2.95 bits per heavy atom. The second-order valence-corrected chi connectivity index (χ2v) is 9.13. The van der Waals surface area contributed by atoms with Gasteiger partial charge in [-0.05, 0) is 47.5 Å². The predicted octanol–water partition coefficient (Wildman–Crippen LogP) is 1.91. The SMILES string of the molecule is CS(=O)(=O)SCCOc1ccc2c(c1)[C@H](CCN)C=N2. The van der Waals surface area contributed by atoms with Gasteiger partial charge < -0.3 is 10.5 Å². The Bertz CT molecular complexity index is 600. The Labute approximate surface area is 122 Å². The summed E-state index contributed by atoms with van der Waals surface area (Å²) in [6.45, 7) is 0.977. The molecule has 0 amide bonds. The third-order valence-corrected chi connectivity index (χ3v) is 5.47. The van der Waals surface area contributed by atoms with Crippen LogP contribution in [0.1, 0.15) is 17.9 Å². The van der Waals surface area contributed by atoms with Crippen molar-refractivity contribution in [2.75, 3.05) is 25.2 Å². The monoisotopic (exact) mass is 314 g/mol. The Hall–Kier alpha value is -1.05. The fraction of sp³-hybridized carbons (Fsp3) is 0.462. The fourth-order valence-electron chi connectivity index (χ4n) is 2.04. The molecule has 0 unspecified atom stereocenters. The van der Waals surface area contributed by atoms with Crippen LogP contribution in [-0.4, -0.2) is 39.8 Å². The molecule has 20 heavy (non-hydrogen) atoms. The molecule has 0 aromatic heterocycles. The highest BCUT2D eigenvalue weighted by Crippen LogP contribution is 2.36. The van der Waals surface area contributed by atoms with E-state index in [4.69, 9.17) is 10.5 Å². The molecule has 110 valence electrons. The van der Waals surface area contributed by atoms with Gasteiger partial charge in [-0.3, -0.25) is 4.99 Å².